The number of nitrogens with zero attached hydrogens (tertiary/aromatic N) is 4. The van der Waals surface area contributed by atoms with Gasteiger partial charge in [0.1, 0.15) is 12.9 Å². The van der Waals surface area contributed by atoms with Gasteiger partial charge in [-0.2, -0.15) is 4.98 Å². The van der Waals surface area contributed by atoms with Crippen molar-refractivity contribution in [1.82, 2.24) is 25.1 Å². The Kier molecular flexibility index (Phi) is 4.46. The third-order valence-corrected chi connectivity index (χ3v) is 2.48. The Morgan fingerprint density at radius 2 is 2.11 bits per heavy atom. The average Bonchev–Trinajstić information content (AvgIpc) is 2.80. The summed E-state index contributed by atoms with van der Waals surface area (Å²) in [4.78, 5) is 8.52. The van der Waals surface area contributed by atoms with Crippen LogP contribution >= 0.6 is 0 Å². The first-order chi connectivity index (χ1) is 9.13. The minimum atomic E-state index is 0.370. The van der Waals surface area contributed by atoms with Crippen LogP contribution in [0.3, 0.4) is 0 Å². The fraction of sp³-hybridized carbons (Fsp3) is 0.462. The Hall–Kier alpha value is -1.95. The lowest BCUT2D eigenvalue weighted by Crippen LogP contribution is -2.22. The minimum Gasteiger partial charge on any atom is -0.456 e. The van der Waals surface area contributed by atoms with Gasteiger partial charge in [0.05, 0.1) is 11.4 Å². The third-order valence-electron chi connectivity index (χ3n) is 2.48. The fourth-order valence-electron chi connectivity index (χ4n) is 1.54. The zero-order chi connectivity index (χ0) is 13.7. The molecule has 0 fully saturated rings. The van der Waals surface area contributed by atoms with E-state index in [2.05, 4.69) is 34.2 Å². The molecule has 0 spiro atoms. The van der Waals surface area contributed by atoms with E-state index in [1.54, 1.807) is 18.1 Å². The van der Waals surface area contributed by atoms with Crippen LogP contribution in [-0.4, -0.2) is 25.8 Å². The monoisotopic (exact) mass is 261 g/mol. The highest BCUT2D eigenvalue weighted by Gasteiger charge is 2.03. The van der Waals surface area contributed by atoms with Gasteiger partial charge in [-0.1, -0.05) is 19.9 Å². The number of aryl methyl sites for hydroxylation is 1. The molecule has 0 saturated carbocycles. The van der Waals surface area contributed by atoms with Crippen molar-refractivity contribution in [1.29, 1.82) is 0 Å². The molecule has 0 unspecified atom stereocenters. The Balaban J connectivity index is 1.91. The number of hydrogen-bond donors (Lipinski definition) is 1. The fourth-order valence-corrected chi connectivity index (χ4v) is 1.54. The second kappa shape index (κ2) is 6.29. The van der Waals surface area contributed by atoms with Crippen molar-refractivity contribution in [3.63, 3.8) is 0 Å². The summed E-state index contributed by atoms with van der Waals surface area (Å²) in [5, 5.41) is 7.39. The average molecular weight is 261 g/mol. The first kappa shape index (κ1) is 13.5. The summed E-state index contributed by atoms with van der Waals surface area (Å²) in [6, 6.07) is 6.73. The van der Waals surface area contributed by atoms with Gasteiger partial charge in [0.2, 0.25) is 0 Å². The van der Waals surface area contributed by atoms with E-state index in [0.717, 1.165) is 17.9 Å². The Morgan fingerprint density at radius 3 is 2.79 bits per heavy atom. The number of rotatable bonds is 6. The molecule has 2 rings (SSSR count). The number of pyridine rings is 1. The van der Waals surface area contributed by atoms with Crippen LogP contribution < -0.4 is 10.1 Å². The molecule has 6 heteroatoms. The molecule has 0 bridgehead atoms. The highest BCUT2D eigenvalue weighted by atomic mass is 16.5. The van der Waals surface area contributed by atoms with E-state index in [1.165, 1.54) is 0 Å². The van der Waals surface area contributed by atoms with Gasteiger partial charge < -0.3 is 10.1 Å². The Morgan fingerprint density at radius 1 is 1.32 bits per heavy atom. The largest absolute Gasteiger partial charge is 0.456 e. The highest BCUT2D eigenvalue weighted by Crippen LogP contribution is 2.05. The van der Waals surface area contributed by atoms with E-state index in [4.69, 9.17) is 4.74 Å². The molecule has 0 aliphatic rings. The van der Waals surface area contributed by atoms with Gasteiger partial charge in [-0.15, -0.1) is 5.10 Å². The van der Waals surface area contributed by atoms with E-state index in [0.29, 0.717) is 18.7 Å². The Labute approximate surface area is 112 Å². The van der Waals surface area contributed by atoms with Gasteiger partial charge in [0, 0.05) is 19.6 Å². The summed E-state index contributed by atoms with van der Waals surface area (Å²) in [7, 11) is 1.80. The molecule has 2 heterocycles. The molecule has 0 amide bonds. The normalized spacial score (nSPS) is 10.9. The van der Waals surface area contributed by atoms with Crippen LogP contribution in [0.25, 0.3) is 0 Å². The predicted molar refractivity (Wildman–Crippen MR) is 71.5 cm³/mol. The van der Waals surface area contributed by atoms with E-state index in [-0.39, 0.29) is 0 Å². The van der Waals surface area contributed by atoms with Crippen molar-refractivity contribution in [2.75, 3.05) is 0 Å². The lowest BCUT2D eigenvalue weighted by atomic mass is 10.3. The van der Waals surface area contributed by atoms with Crippen molar-refractivity contribution in [3.8, 4) is 6.01 Å². The van der Waals surface area contributed by atoms with E-state index in [9.17, 15) is 0 Å². The van der Waals surface area contributed by atoms with Crippen molar-refractivity contribution < 1.29 is 4.74 Å². The van der Waals surface area contributed by atoms with Crippen LogP contribution in [0, 0.1) is 0 Å². The highest BCUT2D eigenvalue weighted by molar-refractivity contribution is 5.11. The molecule has 0 aromatic carbocycles. The lowest BCUT2D eigenvalue weighted by molar-refractivity contribution is 0.275. The van der Waals surface area contributed by atoms with Crippen LogP contribution in [0.1, 0.15) is 25.2 Å². The molecular formula is C13H19N5O. The van der Waals surface area contributed by atoms with Crippen molar-refractivity contribution in [3.05, 3.63) is 35.9 Å². The van der Waals surface area contributed by atoms with Gasteiger partial charge in [0.25, 0.3) is 0 Å². The second-order valence-electron chi connectivity index (χ2n) is 4.65. The van der Waals surface area contributed by atoms with Crippen LogP contribution in [0.5, 0.6) is 6.01 Å². The molecule has 2 aromatic rings. The van der Waals surface area contributed by atoms with Crippen LogP contribution in [0.15, 0.2) is 24.5 Å². The topological polar surface area (TPSA) is 64.9 Å². The second-order valence-corrected chi connectivity index (χ2v) is 4.65. The summed E-state index contributed by atoms with van der Waals surface area (Å²) in [5.41, 5.74) is 1.87. The van der Waals surface area contributed by atoms with Gasteiger partial charge in [-0.05, 0) is 12.1 Å². The molecule has 19 heavy (non-hydrogen) atoms. The summed E-state index contributed by atoms with van der Waals surface area (Å²) < 4.78 is 7.07. The maximum Gasteiger partial charge on any atom is 0.335 e. The maximum atomic E-state index is 5.47. The molecule has 0 saturated heterocycles. The maximum absolute atomic E-state index is 5.47. The first-order valence-electron chi connectivity index (χ1n) is 6.30. The van der Waals surface area contributed by atoms with E-state index < -0.39 is 0 Å². The third kappa shape index (κ3) is 4.33. The van der Waals surface area contributed by atoms with Gasteiger partial charge in [-0.25, -0.2) is 0 Å². The van der Waals surface area contributed by atoms with Crippen LogP contribution in [0.4, 0.5) is 0 Å². The number of ether oxygens (including phenoxy) is 1. The molecule has 2 aromatic heterocycles. The predicted octanol–water partition coefficient (Wildman–Crippen LogP) is 1.29. The zero-order valence-electron chi connectivity index (χ0n) is 11.5. The quantitative estimate of drug-likeness (QED) is 0.848. The molecule has 0 aliphatic carbocycles. The molecule has 0 aliphatic heterocycles. The van der Waals surface area contributed by atoms with Gasteiger partial charge >= 0.3 is 6.01 Å². The molecule has 1 N–H and O–H groups in total. The smallest absolute Gasteiger partial charge is 0.335 e. The first-order valence-corrected chi connectivity index (χ1v) is 6.30. The number of hydrogen-bond acceptors (Lipinski definition) is 5. The van der Waals surface area contributed by atoms with Gasteiger partial charge in [-0.3, -0.25) is 9.67 Å². The van der Waals surface area contributed by atoms with Crippen LogP contribution in [-0.2, 0) is 20.2 Å². The molecule has 102 valence electrons. The molecule has 6 nitrogen and oxygen atoms in total. The standard InChI is InChI=1S/C13H19N5O/c1-10(2)14-7-11-5-4-6-12(16-11)8-19-13-15-9-18(3)17-13/h4-6,9-10,14H,7-8H2,1-3H3. The number of nitrogens with one attached hydrogen (secondary N) is 1. The molecule has 0 radical (unpaired) electrons. The van der Waals surface area contributed by atoms with Crippen molar-refractivity contribution in [2.45, 2.75) is 33.0 Å². The zero-order valence-corrected chi connectivity index (χ0v) is 11.5. The molecular weight excluding hydrogens is 242 g/mol. The summed E-state index contributed by atoms with van der Waals surface area (Å²) in [6.07, 6.45) is 1.60. The molecule has 0 atom stereocenters. The van der Waals surface area contributed by atoms with E-state index >= 15 is 0 Å². The summed E-state index contributed by atoms with van der Waals surface area (Å²) >= 11 is 0. The lowest BCUT2D eigenvalue weighted by Gasteiger charge is -2.08. The number of aromatic nitrogens is 4. The SMILES string of the molecule is CC(C)NCc1cccc(COc2ncn(C)n2)n1. The van der Waals surface area contributed by atoms with Crippen molar-refractivity contribution >= 4 is 0 Å². The minimum absolute atomic E-state index is 0.370. The Bertz CT molecular complexity index is 523. The summed E-state index contributed by atoms with van der Waals surface area (Å²) in [5.74, 6) is 0. The van der Waals surface area contributed by atoms with Gasteiger partial charge in [0.15, 0.2) is 0 Å². The van der Waals surface area contributed by atoms with E-state index in [1.807, 2.05) is 18.2 Å². The summed E-state index contributed by atoms with van der Waals surface area (Å²) in [6.45, 7) is 5.35. The van der Waals surface area contributed by atoms with Crippen molar-refractivity contribution in [2.24, 2.45) is 7.05 Å². The van der Waals surface area contributed by atoms with Crippen LogP contribution in [0.2, 0.25) is 0 Å².